The molecule has 1 aliphatic rings. The highest BCUT2D eigenvalue weighted by molar-refractivity contribution is 5.91. The number of aryl methyl sites for hydroxylation is 1. The molecule has 3 aromatic rings. The normalized spacial score (nSPS) is 15.1. The summed E-state index contributed by atoms with van der Waals surface area (Å²) in [6.07, 6.45) is 4.80. The number of hydrogen-bond donors (Lipinski definition) is 1. The van der Waals surface area contributed by atoms with Gasteiger partial charge in [-0.15, -0.1) is 0 Å². The SMILES string of the molecule is Cc1cccnc1-c1ccc2c(c1)CC(CNC(=O)C=Cc1ccc(F)cc1F)O2. The zero-order valence-electron chi connectivity index (χ0n) is 16.4. The van der Waals surface area contributed by atoms with E-state index in [9.17, 15) is 13.6 Å². The molecule has 0 saturated carbocycles. The van der Waals surface area contributed by atoms with Crippen LogP contribution in [0.25, 0.3) is 17.3 Å². The fraction of sp³-hybridized carbons (Fsp3) is 0.167. The van der Waals surface area contributed by atoms with Gasteiger partial charge in [-0.25, -0.2) is 8.78 Å². The summed E-state index contributed by atoms with van der Waals surface area (Å²) in [6, 6.07) is 13.1. The van der Waals surface area contributed by atoms with Crippen LogP contribution in [0.2, 0.25) is 0 Å². The lowest BCUT2D eigenvalue weighted by atomic mass is 10.0. The van der Waals surface area contributed by atoms with Crippen LogP contribution in [0.3, 0.4) is 0 Å². The van der Waals surface area contributed by atoms with Gasteiger partial charge < -0.3 is 10.1 Å². The monoisotopic (exact) mass is 406 g/mol. The molecule has 0 bridgehead atoms. The molecule has 1 N–H and O–H groups in total. The van der Waals surface area contributed by atoms with Crippen molar-refractivity contribution in [3.63, 3.8) is 0 Å². The molecule has 0 saturated heterocycles. The second-order valence-electron chi connectivity index (χ2n) is 7.18. The maximum Gasteiger partial charge on any atom is 0.244 e. The van der Waals surface area contributed by atoms with Crippen molar-refractivity contribution < 1.29 is 18.3 Å². The van der Waals surface area contributed by atoms with Crippen molar-refractivity contribution in [1.82, 2.24) is 10.3 Å². The van der Waals surface area contributed by atoms with Gasteiger partial charge in [0.05, 0.1) is 12.2 Å². The quantitative estimate of drug-likeness (QED) is 0.636. The molecule has 1 atom stereocenters. The lowest BCUT2D eigenvalue weighted by molar-refractivity contribution is -0.116. The Morgan fingerprint density at radius 1 is 1.23 bits per heavy atom. The van der Waals surface area contributed by atoms with Gasteiger partial charge in [0.1, 0.15) is 23.5 Å². The van der Waals surface area contributed by atoms with E-state index in [2.05, 4.69) is 16.4 Å². The lowest BCUT2D eigenvalue weighted by Crippen LogP contribution is -2.33. The number of hydrogen-bond acceptors (Lipinski definition) is 3. The van der Waals surface area contributed by atoms with Crippen molar-refractivity contribution in [3.05, 3.63) is 89.1 Å². The van der Waals surface area contributed by atoms with Gasteiger partial charge >= 0.3 is 0 Å². The molecule has 0 spiro atoms. The zero-order valence-corrected chi connectivity index (χ0v) is 16.4. The fourth-order valence-electron chi connectivity index (χ4n) is 3.44. The fourth-order valence-corrected chi connectivity index (χ4v) is 3.44. The minimum Gasteiger partial charge on any atom is -0.488 e. The van der Waals surface area contributed by atoms with E-state index >= 15 is 0 Å². The summed E-state index contributed by atoms with van der Waals surface area (Å²) in [5.74, 6) is -0.945. The van der Waals surface area contributed by atoms with E-state index in [0.29, 0.717) is 13.0 Å². The van der Waals surface area contributed by atoms with E-state index in [4.69, 9.17) is 4.74 Å². The molecule has 1 unspecified atom stereocenters. The molecule has 4 rings (SSSR count). The van der Waals surface area contributed by atoms with Crippen LogP contribution < -0.4 is 10.1 Å². The number of amides is 1. The van der Waals surface area contributed by atoms with Crippen LogP contribution in [0.5, 0.6) is 5.75 Å². The van der Waals surface area contributed by atoms with Crippen molar-refractivity contribution in [3.8, 4) is 17.0 Å². The van der Waals surface area contributed by atoms with E-state index in [1.54, 1.807) is 6.20 Å². The average molecular weight is 406 g/mol. The molecule has 0 aliphatic carbocycles. The summed E-state index contributed by atoms with van der Waals surface area (Å²) < 4.78 is 32.5. The average Bonchev–Trinajstić information content (AvgIpc) is 3.14. The van der Waals surface area contributed by atoms with Crippen LogP contribution in [-0.2, 0) is 11.2 Å². The van der Waals surface area contributed by atoms with E-state index < -0.39 is 11.6 Å². The first-order valence-electron chi connectivity index (χ1n) is 9.62. The van der Waals surface area contributed by atoms with Gasteiger partial charge in [0.2, 0.25) is 5.91 Å². The topological polar surface area (TPSA) is 51.2 Å². The van der Waals surface area contributed by atoms with E-state index in [0.717, 1.165) is 40.3 Å². The molecule has 2 aromatic carbocycles. The molecular formula is C24H20F2N2O2. The first kappa shape index (κ1) is 19.8. The zero-order chi connectivity index (χ0) is 21.1. The van der Waals surface area contributed by atoms with Gasteiger partial charge in [-0.05, 0) is 60.5 Å². The third-order valence-corrected chi connectivity index (χ3v) is 4.97. The number of nitrogens with one attached hydrogen (secondary N) is 1. The van der Waals surface area contributed by atoms with Crippen molar-refractivity contribution in [2.45, 2.75) is 19.4 Å². The number of pyridine rings is 1. The Hall–Kier alpha value is -3.54. The van der Waals surface area contributed by atoms with E-state index in [-0.39, 0.29) is 17.6 Å². The van der Waals surface area contributed by atoms with E-state index in [1.807, 2.05) is 31.2 Å². The van der Waals surface area contributed by atoms with Crippen molar-refractivity contribution >= 4 is 12.0 Å². The molecular weight excluding hydrogens is 386 g/mol. The number of aromatic nitrogens is 1. The second-order valence-corrected chi connectivity index (χ2v) is 7.18. The molecule has 1 amide bonds. The predicted octanol–water partition coefficient (Wildman–Crippen LogP) is 4.47. The molecule has 4 nitrogen and oxygen atoms in total. The highest BCUT2D eigenvalue weighted by atomic mass is 19.1. The summed E-state index contributed by atoms with van der Waals surface area (Å²) in [6.45, 7) is 2.34. The minimum atomic E-state index is -0.715. The number of benzene rings is 2. The number of halogens is 2. The smallest absolute Gasteiger partial charge is 0.244 e. The maximum atomic E-state index is 13.6. The summed E-state index contributed by atoms with van der Waals surface area (Å²) in [4.78, 5) is 16.5. The largest absolute Gasteiger partial charge is 0.488 e. The molecule has 1 aliphatic heterocycles. The summed E-state index contributed by atoms with van der Waals surface area (Å²) in [7, 11) is 0. The third kappa shape index (κ3) is 4.38. The van der Waals surface area contributed by atoms with Crippen LogP contribution >= 0.6 is 0 Å². The molecule has 1 aromatic heterocycles. The van der Waals surface area contributed by atoms with Crippen LogP contribution in [0.15, 0.2) is 60.8 Å². The van der Waals surface area contributed by atoms with Crippen molar-refractivity contribution in [2.24, 2.45) is 0 Å². The Balaban J connectivity index is 1.35. The molecule has 0 radical (unpaired) electrons. The summed E-state index contributed by atoms with van der Waals surface area (Å²) in [5, 5.41) is 2.76. The number of carbonyl (C=O) groups is 1. The number of fused-ring (bicyclic) bond motifs is 1. The van der Waals surface area contributed by atoms with E-state index in [1.165, 1.54) is 18.2 Å². The second kappa shape index (κ2) is 8.45. The number of nitrogens with zero attached hydrogens (tertiary/aromatic N) is 1. The predicted molar refractivity (Wildman–Crippen MR) is 111 cm³/mol. The standard InChI is InChI=1S/C24H20F2N2O2/c1-15-3-2-10-27-24(15)17-5-8-22-18(11-17)12-20(30-22)14-28-23(29)9-6-16-4-7-19(25)13-21(16)26/h2-11,13,20H,12,14H2,1H3,(H,28,29). The molecule has 152 valence electrons. The number of rotatable bonds is 5. The van der Waals surface area contributed by atoms with Crippen LogP contribution in [0.4, 0.5) is 8.78 Å². The molecule has 0 fully saturated rings. The van der Waals surface area contributed by atoms with Crippen molar-refractivity contribution in [1.29, 1.82) is 0 Å². The highest BCUT2D eigenvalue weighted by Gasteiger charge is 2.23. The Morgan fingerprint density at radius 3 is 2.90 bits per heavy atom. The molecule has 2 heterocycles. The lowest BCUT2D eigenvalue weighted by Gasteiger charge is -2.10. The van der Waals surface area contributed by atoms with Gasteiger partial charge in [0.25, 0.3) is 0 Å². The van der Waals surface area contributed by atoms with Gasteiger partial charge in [0.15, 0.2) is 0 Å². The van der Waals surface area contributed by atoms with Gasteiger partial charge in [-0.1, -0.05) is 6.07 Å². The Morgan fingerprint density at radius 2 is 2.10 bits per heavy atom. The first-order chi connectivity index (χ1) is 14.5. The maximum absolute atomic E-state index is 13.6. The Labute approximate surface area is 173 Å². The summed E-state index contributed by atoms with van der Waals surface area (Å²) in [5.41, 5.74) is 4.29. The highest BCUT2D eigenvalue weighted by Crippen LogP contribution is 2.33. The minimum absolute atomic E-state index is 0.147. The Bertz CT molecular complexity index is 1130. The Kier molecular flexibility index (Phi) is 5.57. The van der Waals surface area contributed by atoms with Gasteiger partial charge in [-0.2, -0.15) is 0 Å². The molecule has 30 heavy (non-hydrogen) atoms. The molecule has 6 heteroatoms. The van der Waals surface area contributed by atoms with Crippen molar-refractivity contribution in [2.75, 3.05) is 6.54 Å². The van der Waals surface area contributed by atoms with Crippen LogP contribution in [0.1, 0.15) is 16.7 Å². The van der Waals surface area contributed by atoms with Gasteiger partial charge in [-0.3, -0.25) is 9.78 Å². The first-order valence-corrected chi connectivity index (χ1v) is 9.62. The van der Waals surface area contributed by atoms with Gasteiger partial charge in [0, 0.05) is 35.9 Å². The third-order valence-electron chi connectivity index (χ3n) is 4.97. The number of carbonyl (C=O) groups excluding carboxylic acids is 1. The summed E-state index contributed by atoms with van der Waals surface area (Å²) >= 11 is 0. The number of ether oxygens (including phenoxy) is 1. The van der Waals surface area contributed by atoms with Crippen LogP contribution in [-0.4, -0.2) is 23.5 Å². The van der Waals surface area contributed by atoms with Crippen LogP contribution in [0, 0.1) is 18.6 Å².